The molecule has 144 valence electrons. The van der Waals surface area contributed by atoms with Crippen molar-refractivity contribution in [2.24, 2.45) is 0 Å². The van der Waals surface area contributed by atoms with Crippen LogP contribution < -0.4 is 0 Å². The van der Waals surface area contributed by atoms with E-state index in [-0.39, 0.29) is 24.9 Å². The van der Waals surface area contributed by atoms with Crippen molar-refractivity contribution in [2.45, 2.75) is 6.92 Å². The second-order valence-corrected chi connectivity index (χ2v) is 8.42. The van der Waals surface area contributed by atoms with E-state index >= 15 is 0 Å². The van der Waals surface area contributed by atoms with Crippen molar-refractivity contribution >= 4 is 21.8 Å². The molecule has 0 aromatic rings. The first kappa shape index (κ1) is 20.1. The summed E-state index contributed by atoms with van der Waals surface area (Å²) in [5.41, 5.74) is 0. The summed E-state index contributed by atoms with van der Waals surface area (Å²) < 4.78 is 30.6. The number of amides is 2. The van der Waals surface area contributed by atoms with E-state index in [1.165, 1.54) is 11.2 Å². The lowest BCUT2D eigenvalue weighted by Gasteiger charge is -2.35. The van der Waals surface area contributed by atoms with Gasteiger partial charge < -0.3 is 14.5 Å². The minimum absolute atomic E-state index is 0.00428. The zero-order valence-electron chi connectivity index (χ0n) is 15.0. The Kier molecular flexibility index (Phi) is 7.17. The number of piperazine rings is 1. The monoisotopic (exact) mass is 376 g/mol. The molecule has 0 aromatic carbocycles. The third-order valence-electron chi connectivity index (χ3n) is 4.63. The fourth-order valence-electron chi connectivity index (χ4n) is 2.96. The molecule has 0 spiro atoms. The quantitative estimate of drug-likeness (QED) is 0.547. The van der Waals surface area contributed by atoms with E-state index in [1.54, 1.807) is 9.80 Å². The van der Waals surface area contributed by atoms with Gasteiger partial charge in [-0.25, -0.2) is 8.42 Å². The second-order valence-electron chi connectivity index (χ2n) is 6.44. The van der Waals surface area contributed by atoms with Crippen molar-refractivity contribution in [3.8, 4) is 0 Å². The lowest BCUT2D eigenvalue weighted by Crippen LogP contribution is -2.53. The van der Waals surface area contributed by atoms with Crippen LogP contribution in [-0.4, -0.2) is 118 Å². The van der Waals surface area contributed by atoms with E-state index in [2.05, 4.69) is 4.90 Å². The van der Waals surface area contributed by atoms with Gasteiger partial charge >= 0.3 is 0 Å². The number of sulfonamides is 1. The van der Waals surface area contributed by atoms with Crippen LogP contribution in [0.4, 0.5) is 0 Å². The number of nitrogens with zero attached hydrogens (tertiary/aromatic N) is 4. The molecule has 0 aromatic heterocycles. The Hall–Kier alpha value is -1.23. The number of carbonyl (C=O) groups excluding carboxylic acids is 2. The number of carbonyl (C=O) groups is 2. The maximum Gasteiger partial charge on any atom is 0.238 e. The number of hydrogen-bond acceptors (Lipinski definition) is 6. The van der Waals surface area contributed by atoms with Crippen LogP contribution in [0.2, 0.25) is 0 Å². The van der Waals surface area contributed by atoms with Gasteiger partial charge in [0.1, 0.15) is 0 Å². The number of rotatable bonds is 6. The molecule has 0 radical (unpaired) electrons. The van der Waals surface area contributed by atoms with Crippen molar-refractivity contribution in [1.82, 2.24) is 19.0 Å². The van der Waals surface area contributed by atoms with Gasteiger partial charge in [0.25, 0.3) is 0 Å². The van der Waals surface area contributed by atoms with Crippen molar-refractivity contribution in [1.29, 1.82) is 0 Å². The Bertz CT molecular complexity index is 568. The van der Waals surface area contributed by atoms with E-state index < -0.39 is 10.0 Å². The highest BCUT2D eigenvalue weighted by atomic mass is 32.2. The fraction of sp³-hybridized carbons (Fsp3) is 0.867. The molecule has 25 heavy (non-hydrogen) atoms. The molecule has 0 N–H and O–H groups in total. The van der Waals surface area contributed by atoms with Crippen LogP contribution >= 0.6 is 0 Å². The van der Waals surface area contributed by atoms with Gasteiger partial charge in [-0.3, -0.25) is 14.5 Å². The van der Waals surface area contributed by atoms with Crippen LogP contribution in [0, 0.1) is 0 Å². The SMILES string of the molecule is CC(=O)N1CCN(C(=O)CN(CCN2CCOCC2)S(C)(=O)=O)CC1. The van der Waals surface area contributed by atoms with Crippen LogP contribution in [0.25, 0.3) is 0 Å². The summed E-state index contributed by atoms with van der Waals surface area (Å²) in [6.45, 7) is 6.96. The molecule has 0 bridgehead atoms. The summed E-state index contributed by atoms with van der Waals surface area (Å²) >= 11 is 0. The molecule has 2 saturated heterocycles. The van der Waals surface area contributed by atoms with Gasteiger partial charge in [-0.1, -0.05) is 0 Å². The van der Waals surface area contributed by atoms with Crippen LogP contribution in [0.1, 0.15) is 6.92 Å². The number of hydrogen-bond donors (Lipinski definition) is 0. The van der Waals surface area contributed by atoms with Gasteiger partial charge in [0.2, 0.25) is 21.8 Å². The molecule has 2 rings (SSSR count). The Morgan fingerprint density at radius 1 is 1.00 bits per heavy atom. The highest BCUT2D eigenvalue weighted by Gasteiger charge is 2.27. The van der Waals surface area contributed by atoms with Gasteiger partial charge in [-0.05, 0) is 0 Å². The van der Waals surface area contributed by atoms with Crippen LogP contribution in [-0.2, 0) is 24.3 Å². The van der Waals surface area contributed by atoms with Gasteiger partial charge in [0.05, 0.1) is 26.0 Å². The van der Waals surface area contributed by atoms with E-state index in [4.69, 9.17) is 4.74 Å². The first-order valence-corrected chi connectivity index (χ1v) is 10.4. The lowest BCUT2D eigenvalue weighted by atomic mass is 10.3. The molecular weight excluding hydrogens is 348 g/mol. The van der Waals surface area contributed by atoms with Crippen molar-refractivity contribution in [3.05, 3.63) is 0 Å². The highest BCUT2D eigenvalue weighted by molar-refractivity contribution is 7.88. The molecule has 0 atom stereocenters. The number of ether oxygens (including phenoxy) is 1. The Labute approximate surface area is 149 Å². The van der Waals surface area contributed by atoms with Gasteiger partial charge in [-0.2, -0.15) is 4.31 Å². The second kappa shape index (κ2) is 8.93. The van der Waals surface area contributed by atoms with Crippen LogP contribution in [0.15, 0.2) is 0 Å². The molecule has 2 amide bonds. The molecule has 0 aliphatic carbocycles. The first-order valence-electron chi connectivity index (χ1n) is 8.56. The smallest absolute Gasteiger partial charge is 0.238 e. The topological polar surface area (TPSA) is 90.5 Å². The lowest BCUT2D eigenvalue weighted by molar-refractivity contribution is -0.138. The van der Waals surface area contributed by atoms with Gasteiger partial charge in [-0.15, -0.1) is 0 Å². The summed E-state index contributed by atoms with van der Waals surface area (Å²) in [4.78, 5) is 29.3. The van der Waals surface area contributed by atoms with Crippen molar-refractivity contribution in [3.63, 3.8) is 0 Å². The zero-order chi connectivity index (χ0) is 18.4. The molecule has 2 aliphatic rings. The number of morpholine rings is 1. The summed E-state index contributed by atoms with van der Waals surface area (Å²) in [7, 11) is -3.46. The largest absolute Gasteiger partial charge is 0.379 e. The molecule has 2 aliphatic heterocycles. The predicted octanol–water partition coefficient (Wildman–Crippen LogP) is -1.73. The first-order chi connectivity index (χ1) is 11.8. The van der Waals surface area contributed by atoms with E-state index in [0.29, 0.717) is 45.9 Å². The standard InChI is InChI=1S/C15H28N4O5S/c1-14(20)17-4-6-18(7-5-17)15(21)13-19(25(2,22)23)8-3-16-9-11-24-12-10-16/h3-13H2,1-2H3. The molecule has 9 nitrogen and oxygen atoms in total. The van der Waals surface area contributed by atoms with Crippen molar-refractivity contribution in [2.75, 3.05) is 78.4 Å². The van der Waals surface area contributed by atoms with E-state index in [1.807, 2.05) is 0 Å². The average molecular weight is 376 g/mol. The predicted molar refractivity (Wildman–Crippen MR) is 92.5 cm³/mol. The Morgan fingerprint density at radius 3 is 2.08 bits per heavy atom. The van der Waals surface area contributed by atoms with Crippen LogP contribution in [0.3, 0.4) is 0 Å². The van der Waals surface area contributed by atoms with Crippen molar-refractivity contribution < 1.29 is 22.7 Å². The summed E-state index contributed by atoms with van der Waals surface area (Å²) in [5.74, 6) is -0.217. The van der Waals surface area contributed by atoms with E-state index in [0.717, 1.165) is 19.3 Å². The minimum Gasteiger partial charge on any atom is -0.379 e. The molecule has 10 heteroatoms. The Balaban J connectivity index is 1.86. The molecule has 2 fully saturated rings. The molecular formula is C15H28N4O5S. The summed E-state index contributed by atoms with van der Waals surface area (Å²) in [6.07, 6.45) is 1.13. The van der Waals surface area contributed by atoms with Crippen LogP contribution in [0.5, 0.6) is 0 Å². The average Bonchev–Trinajstić information content (AvgIpc) is 2.58. The third kappa shape index (κ3) is 6.21. The minimum atomic E-state index is -3.46. The summed E-state index contributed by atoms with van der Waals surface area (Å²) in [5, 5.41) is 0. The maximum absolute atomic E-state index is 12.5. The normalized spacial score (nSPS) is 20.1. The summed E-state index contributed by atoms with van der Waals surface area (Å²) in [6, 6.07) is 0. The molecule has 0 saturated carbocycles. The Morgan fingerprint density at radius 2 is 1.56 bits per heavy atom. The molecule has 2 heterocycles. The van der Waals surface area contributed by atoms with Gasteiger partial charge in [0, 0.05) is 59.3 Å². The highest BCUT2D eigenvalue weighted by Crippen LogP contribution is 2.06. The maximum atomic E-state index is 12.5. The van der Waals surface area contributed by atoms with Gasteiger partial charge in [0.15, 0.2) is 0 Å². The third-order valence-corrected chi connectivity index (χ3v) is 5.88. The molecule has 0 unspecified atom stereocenters. The zero-order valence-corrected chi connectivity index (χ0v) is 15.8. The fourth-order valence-corrected chi connectivity index (χ4v) is 3.72. The van der Waals surface area contributed by atoms with E-state index in [9.17, 15) is 18.0 Å².